The summed E-state index contributed by atoms with van der Waals surface area (Å²) in [6, 6.07) is 5.58. The van der Waals surface area contributed by atoms with E-state index in [1.807, 2.05) is 6.33 Å². The number of hydrogen-bond donors (Lipinski definition) is 1. The smallest absolute Gasteiger partial charge is 0.449 e. The van der Waals surface area contributed by atoms with Crippen LogP contribution >= 0.6 is 0 Å². The van der Waals surface area contributed by atoms with E-state index in [4.69, 9.17) is 9.84 Å². The van der Waals surface area contributed by atoms with Crippen molar-refractivity contribution in [3.63, 3.8) is 0 Å². The third-order valence-electron chi connectivity index (χ3n) is 3.83. The van der Waals surface area contributed by atoms with Crippen LogP contribution in [-0.2, 0) is 0 Å². The lowest BCUT2D eigenvalue weighted by molar-refractivity contribution is 0.144. The number of rotatable bonds is 2. The summed E-state index contributed by atoms with van der Waals surface area (Å²) in [4.78, 5) is 17.3. The summed E-state index contributed by atoms with van der Waals surface area (Å²) < 4.78 is 6.85. The lowest BCUT2D eigenvalue weighted by atomic mass is 10.1. The highest BCUT2D eigenvalue weighted by Gasteiger charge is 2.20. The molecule has 1 aromatic heterocycles. The monoisotopic (exact) mass is 275 g/mol. The molecule has 0 spiro atoms. The Bertz CT molecular complexity index is 630. The normalized spacial score (nSPS) is 17.4. The van der Waals surface area contributed by atoms with Gasteiger partial charge in [-0.2, -0.15) is 0 Å². The highest BCUT2D eigenvalue weighted by atomic mass is 16.7. The van der Waals surface area contributed by atoms with E-state index in [9.17, 15) is 4.79 Å². The topological polar surface area (TPSA) is 67.6 Å². The number of nitrogens with zero attached hydrogens (tertiary/aromatic N) is 3. The molecule has 1 aliphatic heterocycles. The predicted octanol–water partition coefficient (Wildman–Crippen LogP) is 2.36. The van der Waals surface area contributed by atoms with Crippen molar-refractivity contribution < 1.29 is 14.6 Å². The second kappa shape index (κ2) is 5.13. The summed E-state index contributed by atoms with van der Waals surface area (Å²) >= 11 is 0. The third kappa shape index (κ3) is 2.46. The molecule has 106 valence electrons. The van der Waals surface area contributed by atoms with E-state index in [0.29, 0.717) is 11.8 Å². The summed E-state index contributed by atoms with van der Waals surface area (Å²) in [6.07, 6.45) is 2.69. The fourth-order valence-corrected chi connectivity index (χ4v) is 2.73. The van der Waals surface area contributed by atoms with Crippen molar-refractivity contribution in [2.24, 2.45) is 0 Å². The van der Waals surface area contributed by atoms with Gasteiger partial charge < -0.3 is 19.3 Å². The van der Waals surface area contributed by atoms with Gasteiger partial charge in [-0.15, -0.1) is 0 Å². The number of benzene rings is 1. The Morgan fingerprint density at radius 2 is 2.15 bits per heavy atom. The molecular formula is C14H17N3O3. The Labute approximate surface area is 116 Å². The molecule has 1 N–H and O–H groups in total. The second-order valence-corrected chi connectivity index (χ2v) is 5.20. The molecule has 2 aromatic rings. The highest BCUT2D eigenvalue weighted by Crippen LogP contribution is 2.28. The van der Waals surface area contributed by atoms with Crippen LogP contribution in [0, 0.1) is 0 Å². The molecule has 6 nitrogen and oxygen atoms in total. The van der Waals surface area contributed by atoms with Gasteiger partial charge in [-0.05, 0) is 45.1 Å². The van der Waals surface area contributed by atoms with Gasteiger partial charge >= 0.3 is 6.16 Å². The Morgan fingerprint density at radius 3 is 2.85 bits per heavy atom. The number of likely N-dealkylation sites (tertiary alicyclic amines) is 1. The minimum atomic E-state index is -1.30. The molecule has 0 atom stereocenters. The summed E-state index contributed by atoms with van der Waals surface area (Å²) in [5, 5.41) is 8.69. The standard InChI is InChI=1S/C14H17N3O3/c1-16-6-4-10(5-7-16)17-9-15-12-3-2-11(8-13(12)17)20-14(18)19/h2-3,8-10H,4-7H2,1H3,(H,18,19). The van der Waals surface area contributed by atoms with Crippen LogP contribution in [0.25, 0.3) is 11.0 Å². The van der Waals surface area contributed by atoms with Crippen LogP contribution in [0.4, 0.5) is 4.79 Å². The highest BCUT2D eigenvalue weighted by molar-refractivity contribution is 5.78. The van der Waals surface area contributed by atoms with Crippen molar-refractivity contribution in [3.8, 4) is 5.75 Å². The average Bonchev–Trinajstić information content (AvgIpc) is 2.82. The van der Waals surface area contributed by atoms with E-state index in [2.05, 4.69) is 21.5 Å². The molecule has 1 fully saturated rings. The van der Waals surface area contributed by atoms with Crippen LogP contribution in [0.1, 0.15) is 18.9 Å². The average molecular weight is 275 g/mol. The first kappa shape index (κ1) is 12.9. The zero-order chi connectivity index (χ0) is 14.1. The third-order valence-corrected chi connectivity index (χ3v) is 3.83. The van der Waals surface area contributed by atoms with Crippen molar-refractivity contribution in [1.29, 1.82) is 0 Å². The minimum Gasteiger partial charge on any atom is -0.449 e. The van der Waals surface area contributed by atoms with Gasteiger partial charge in [0.15, 0.2) is 0 Å². The molecule has 20 heavy (non-hydrogen) atoms. The lowest BCUT2D eigenvalue weighted by Gasteiger charge is -2.30. The fraction of sp³-hybridized carbons (Fsp3) is 0.429. The van der Waals surface area contributed by atoms with Crippen molar-refractivity contribution >= 4 is 17.2 Å². The van der Waals surface area contributed by atoms with E-state index in [1.54, 1.807) is 18.2 Å². The first-order chi connectivity index (χ1) is 9.63. The predicted molar refractivity (Wildman–Crippen MR) is 74.2 cm³/mol. The molecule has 0 aliphatic carbocycles. The molecule has 0 saturated carbocycles. The molecule has 1 aliphatic rings. The van der Waals surface area contributed by atoms with E-state index in [-0.39, 0.29) is 0 Å². The van der Waals surface area contributed by atoms with Crippen LogP contribution in [-0.4, -0.2) is 45.9 Å². The van der Waals surface area contributed by atoms with Crippen LogP contribution in [0.15, 0.2) is 24.5 Å². The largest absolute Gasteiger partial charge is 0.511 e. The maximum atomic E-state index is 10.6. The molecule has 0 amide bonds. The maximum absolute atomic E-state index is 10.6. The molecule has 6 heteroatoms. The van der Waals surface area contributed by atoms with Crippen LogP contribution in [0.2, 0.25) is 0 Å². The summed E-state index contributed by atoms with van der Waals surface area (Å²) in [5.74, 6) is 0.333. The molecule has 2 heterocycles. The fourth-order valence-electron chi connectivity index (χ4n) is 2.73. The number of hydrogen-bond acceptors (Lipinski definition) is 4. The van der Waals surface area contributed by atoms with E-state index < -0.39 is 6.16 Å². The summed E-state index contributed by atoms with van der Waals surface area (Å²) in [6.45, 7) is 2.13. The van der Waals surface area contributed by atoms with Crippen LogP contribution in [0.3, 0.4) is 0 Å². The van der Waals surface area contributed by atoms with Gasteiger partial charge in [0.05, 0.1) is 17.4 Å². The Balaban J connectivity index is 1.92. The first-order valence-corrected chi connectivity index (χ1v) is 6.69. The van der Waals surface area contributed by atoms with Crippen LogP contribution < -0.4 is 4.74 Å². The van der Waals surface area contributed by atoms with Crippen molar-refractivity contribution in [1.82, 2.24) is 14.5 Å². The summed E-state index contributed by atoms with van der Waals surface area (Å²) in [7, 11) is 2.13. The van der Waals surface area contributed by atoms with Gasteiger partial charge in [-0.25, -0.2) is 9.78 Å². The number of aromatic nitrogens is 2. The first-order valence-electron chi connectivity index (χ1n) is 6.69. The quantitative estimate of drug-likeness (QED) is 0.673. The second-order valence-electron chi connectivity index (χ2n) is 5.20. The molecule has 0 unspecified atom stereocenters. The van der Waals surface area contributed by atoms with Crippen molar-refractivity contribution in [2.75, 3.05) is 20.1 Å². The Morgan fingerprint density at radius 1 is 1.40 bits per heavy atom. The van der Waals surface area contributed by atoms with Crippen LogP contribution in [0.5, 0.6) is 5.75 Å². The maximum Gasteiger partial charge on any atom is 0.511 e. The van der Waals surface area contributed by atoms with Crippen molar-refractivity contribution in [2.45, 2.75) is 18.9 Å². The number of fused-ring (bicyclic) bond motifs is 1. The molecular weight excluding hydrogens is 258 g/mol. The minimum absolute atomic E-state index is 0.333. The number of piperidine rings is 1. The zero-order valence-electron chi connectivity index (χ0n) is 11.3. The van der Waals surface area contributed by atoms with E-state index in [0.717, 1.165) is 37.0 Å². The van der Waals surface area contributed by atoms with Gasteiger partial charge in [0.25, 0.3) is 0 Å². The van der Waals surface area contributed by atoms with Gasteiger partial charge in [-0.3, -0.25) is 0 Å². The van der Waals surface area contributed by atoms with Gasteiger partial charge in [0, 0.05) is 12.1 Å². The molecule has 0 bridgehead atoms. The van der Waals surface area contributed by atoms with E-state index >= 15 is 0 Å². The summed E-state index contributed by atoms with van der Waals surface area (Å²) in [5.41, 5.74) is 1.79. The molecule has 1 saturated heterocycles. The number of imidazole rings is 1. The molecule has 3 rings (SSSR count). The van der Waals surface area contributed by atoms with Gasteiger partial charge in [0.2, 0.25) is 0 Å². The molecule has 1 aromatic carbocycles. The van der Waals surface area contributed by atoms with Gasteiger partial charge in [-0.1, -0.05) is 0 Å². The lowest BCUT2D eigenvalue weighted by Crippen LogP contribution is -2.31. The number of carbonyl (C=O) groups is 1. The SMILES string of the molecule is CN1CCC(n2cnc3ccc(OC(=O)O)cc32)CC1. The number of ether oxygens (including phenoxy) is 1. The van der Waals surface area contributed by atoms with E-state index in [1.165, 1.54) is 0 Å². The Kier molecular flexibility index (Phi) is 3.31. The van der Waals surface area contributed by atoms with Crippen molar-refractivity contribution in [3.05, 3.63) is 24.5 Å². The number of carboxylic acid groups (broad SMARTS) is 1. The Hall–Kier alpha value is -2.08. The zero-order valence-corrected chi connectivity index (χ0v) is 11.3. The molecule has 0 radical (unpaired) electrons. The van der Waals surface area contributed by atoms with Gasteiger partial charge in [0.1, 0.15) is 5.75 Å².